The van der Waals surface area contributed by atoms with Crippen molar-refractivity contribution in [3.63, 3.8) is 0 Å². The maximum Gasteiger partial charge on any atom is 0.338 e. The van der Waals surface area contributed by atoms with E-state index in [-0.39, 0.29) is 16.3 Å². The van der Waals surface area contributed by atoms with E-state index in [1.165, 1.54) is 12.1 Å². The Balaban J connectivity index is 2.09. The number of hydrogen-bond acceptors (Lipinski definition) is 7. The molecule has 0 heterocycles. The van der Waals surface area contributed by atoms with Crippen LogP contribution in [0.5, 0.6) is 0 Å². The summed E-state index contributed by atoms with van der Waals surface area (Å²) < 4.78 is 41.5. The van der Waals surface area contributed by atoms with Crippen LogP contribution < -0.4 is 5.32 Å². The summed E-state index contributed by atoms with van der Waals surface area (Å²) in [5.41, 5.74) is -1.31. The summed E-state index contributed by atoms with van der Waals surface area (Å²) in [4.78, 5) is 33.3. The number of rotatable bonds is 6. The zero-order chi connectivity index (χ0) is 21.1. The van der Waals surface area contributed by atoms with Gasteiger partial charge in [0.1, 0.15) is 10.7 Å². The van der Waals surface area contributed by atoms with Crippen LogP contribution in [-0.2, 0) is 19.4 Å². The number of halogens is 2. The van der Waals surface area contributed by atoms with Gasteiger partial charge in [-0.15, -0.1) is 0 Å². The molecular weight excluding hydrogens is 419 g/mol. The van der Waals surface area contributed by atoms with Gasteiger partial charge in [-0.25, -0.2) is 17.6 Å². The van der Waals surface area contributed by atoms with E-state index in [2.05, 4.69) is 5.32 Å². The van der Waals surface area contributed by atoms with E-state index in [1.807, 2.05) is 0 Å². The van der Waals surface area contributed by atoms with Crippen LogP contribution in [0.3, 0.4) is 0 Å². The predicted molar refractivity (Wildman–Crippen MR) is 96.5 cm³/mol. The lowest BCUT2D eigenvalue weighted by molar-refractivity contribution is -0.387. The SMILES string of the molecule is CS(=O)(=O)c1ccc(C(=O)OCC(=O)Nc2ccc(Cl)cc2F)cc1[N+](=O)[O-]. The van der Waals surface area contributed by atoms with Crippen molar-refractivity contribution in [1.29, 1.82) is 0 Å². The number of sulfone groups is 1. The average molecular weight is 431 g/mol. The highest BCUT2D eigenvalue weighted by Gasteiger charge is 2.24. The minimum atomic E-state index is -3.89. The lowest BCUT2D eigenvalue weighted by Crippen LogP contribution is -2.21. The summed E-state index contributed by atoms with van der Waals surface area (Å²) in [6, 6.07) is 6.18. The van der Waals surface area contributed by atoms with Crippen LogP contribution in [0.25, 0.3) is 0 Å². The second-order valence-corrected chi connectivity index (χ2v) is 7.88. The number of carbonyl (C=O) groups is 2. The monoisotopic (exact) mass is 430 g/mol. The molecule has 0 aromatic heterocycles. The van der Waals surface area contributed by atoms with Crippen LogP contribution in [-0.4, -0.2) is 38.1 Å². The number of hydrogen-bond donors (Lipinski definition) is 1. The summed E-state index contributed by atoms with van der Waals surface area (Å²) in [6.45, 7) is -0.803. The Morgan fingerprint density at radius 3 is 2.50 bits per heavy atom. The van der Waals surface area contributed by atoms with Gasteiger partial charge in [0, 0.05) is 17.3 Å². The van der Waals surface area contributed by atoms with Gasteiger partial charge in [0.15, 0.2) is 16.4 Å². The molecule has 9 nitrogen and oxygen atoms in total. The Labute approximate surface area is 163 Å². The maximum atomic E-state index is 13.6. The van der Waals surface area contributed by atoms with Crippen LogP contribution >= 0.6 is 11.6 Å². The van der Waals surface area contributed by atoms with Crippen molar-refractivity contribution in [3.05, 3.63) is 62.9 Å². The van der Waals surface area contributed by atoms with Crippen LogP contribution in [0, 0.1) is 15.9 Å². The molecule has 0 aliphatic rings. The Hall–Kier alpha value is -3.05. The summed E-state index contributed by atoms with van der Waals surface area (Å²) in [5.74, 6) is -2.76. The molecule has 0 saturated heterocycles. The quantitative estimate of drug-likeness (QED) is 0.423. The highest BCUT2D eigenvalue weighted by Crippen LogP contribution is 2.25. The molecule has 0 saturated carbocycles. The number of carbonyl (C=O) groups excluding carboxylic acids is 2. The number of esters is 1. The summed E-state index contributed by atoms with van der Waals surface area (Å²) in [5, 5.41) is 13.3. The number of benzene rings is 2. The van der Waals surface area contributed by atoms with Crippen molar-refractivity contribution < 1.29 is 32.1 Å². The van der Waals surface area contributed by atoms with E-state index in [4.69, 9.17) is 16.3 Å². The lowest BCUT2D eigenvalue weighted by atomic mass is 10.2. The van der Waals surface area contributed by atoms with Crippen LogP contribution in [0.1, 0.15) is 10.4 Å². The fourth-order valence-corrected chi connectivity index (χ4v) is 3.08. The highest BCUT2D eigenvalue weighted by atomic mass is 35.5. The van der Waals surface area contributed by atoms with Gasteiger partial charge in [0.25, 0.3) is 11.6 Å². The largest absolute Gasteiger partial charge is 0.452 e. The normalized spacial score (nSPS) is 11.0. The van der Waals surface area contributed by atoms with Crippen molar-refractivity contribution in [3.8, 4) is 0 Å². The highest BCUT2D eigenvalue weighted by molar-refractivity contribution is 7.90. The second-order valence-electron chi connectivity index (χ2n) is 5.46. The number of amides is 1. The molecule has 0 bridgehead atoms. The molecule has 0 spiro atoms. The third kappa shape index (κ3) is 5.24. The van der Waals surface area contributed by atoms with Gasteiger partial charge >= 0.3 is 5.97 Å². The number of nitro groups is 1. The smallest absolute Gasteiger partial charge is 0.338 e. The van der Waals surface area contributed by atoms with E-state index in [0.717, 1.165) is 30.5 Å². The number of nitrogens with zero attached hydrogens (tertiary/aromatic N) is 1. The van der Waals surface area contributed by atoms with Gasteiger partial charge in [-0.2, -0.15) is 0 Å². The maximum absolute atomic E-state index is 13.6. The van der Waals surface area contributed by atoms with Gasteiger partial charge in [-0.05, 0) is 30.3 Å². The van der Waals surface area contributed by atoms with E-state index in [0.29, 0.717) is 0 Å². The van der Waals surface area contributed by atoms with Crippen LogP contribution in [0.4, 0.5) is 15.8 Å². The summed E-state index contributed by atoms with van der Waals surface area (Å²) in [7, 11) is -3.89. The van der Waals surface area contributed by atoms with Gasteiger partial charge < -0.3 is 10.1 Å². The van der Waals surface area contributed by atoms with Crippen LogP contribution in [0.2, 0.25) is 5.02 Å². The Bertz CT molecular complexity index is 1070. The molecule has 0 unspecified atom stereocenters. The molecule has 0 radical (unpaired) electrons. The first-order valence-corrected chi connectivity index (χ1v) is 9.66. The third-order valence-corrected chi connectivity index (χ3v) is 4.71. The van der Waals surface area contributed by atoms with Crippen molar-refractivity contribution in [1.82, 2.24) is 0 Å². The van der Waals surface area contributed by atoms with E-state index < -0.39 is 49.6 Å². The molecule has 1 amide bonds. The fraction of sp³-hybridized carbons (Fsp3) is 0.125. The zero-order valence-corrected chi connectivity index (χ0v) is 15.7. The predicted octanol–water partition coefficient (Wildman–Crippen LogP) is 2.59. The molecule has 2 aromatic rings. The molecule has 148 valence electrons. The fourth-order valence-electron chi connectivity index (χ4n) is 2.09. The van der Waals surface area contributed by atoms with Crippen molar-refractivity contribution in [2.45, 2.75) is 4.90 Å². The first kappa shape index (κ1) is 21.3. The molecular formula is C16H12ClFN2O7S. The Morgan fingerprint density at radius 1 is 1.25 bits per heavy atom. The molecule has 2 aromatic carbocycles. The topological polar surface area (TPSA) is 133 Å². The number of nitro benzene ring substituents is 1. The molecule has 0 atom stereocenters. The Morgan fingerprint density at radius 2 is 1.93 bits per heavy atom. The number of anilines is 1. The minimum Gasteiger partial charge on any atom is -0.452 e. The molecule has 12 heteroatoms. The molecule has 0 fully saturated rings. The molecule has 28 heavy (non-hydrogen) atoms. The van der Waals surface area contributed by atoms with Crippen molar-refractivity contribution >= 4 is 44.7 Å². The van der Waals surface area contributed by atoms with E-state index >= 15 is 0 Å². The third-order valence-electron chi connectivity index (χ3n) is 3.33. The molecule has 0 aliphatic heterocycles. The number of ether oxygens (including phenoxy) is 1. The van der Waals surface area contributed by atoms with Gasteiger partial charge in [0.2, 0.25) is 0 Å². The van der Waals surface area contributed by atoms with Gasteiger partial charge in [0.05, 0.1) is 16.2 Å². The van der Waals surface area contributed by atoms with E-state index in [1.54, 1.807) is 0 Å². The standard InChI is InChI=1S/C16H12ClFN2O7S/c1-28(25,26)14-5-2-9(6-13(14)20(23)24)16(22)27-8-15(21)19-12-4-3-10(17)7-11(12)18/h2-7H,8H2,1H3,(H,19,21). The van der Waals surface area contributed by atoms with Crippen molar-refractivity contribution in [2.24, 2.45) is 0 Å². The minimum absolute atomic E-state index is 0.126. The summed E-state index contributed by atoms with van der Waals surface area (Å²) in [6.07, 6.45) is 0.785. The van der Waals surface area contributed by atoms with E-state index in [9.17, 15) is 32.5 Å². The van der Waals surface area contributed by atoms with Crippen molar-refractivity contribution in [2.75, 3.05) is 18.2 Å². The molecule has 1 N–H and O–H groups in total. The second kappa shape index (κ2) is 8.31. The van der Waals surface area contributed by atoms with Gasteiger partial charge in [-0.3, -0.25) is 14.9 Å². The summed E-state index contributed by atoms with van der Waals surface area (Å²) >= 11 is 5.59. The van der Waals surface area contributed by atoms with Gasteiger partial charge in [-0.1, -0.05) is 11.6 Å². The first-order valence-electron chi connectivity index (χ1n) is 7.39. The zero-order valence-electron chi connectivity index (χ0n) is 14.1. The average Bonchev–Trinajstić information content (AvgIpc) is 2.60. The molecule has 0 aliphatic carbocycles. The first-order chi connectivity index (χ1) is 13.0. The lowest BCUT2D eigenvalue weighted by Gasteiger charge is -2.08. The Kier molecular flexibility index (Phi) is 6.31. The number of nitrogens with one attached hydrogen (secondary N) is 1. The molecule has 2 rings (SSSR count). The van der Waals surface area contributed by atoms with Crippen LogP contribution in [0.15, 0.2) is 41.3 Å².